The molecule has 1 aromatic carbocycles. The maximum absolute atomic E-state index is 5.90. The van der Waals surface area contributed by atoms with Gasteiger partial charge in [0.2, 0.25) is 0 Å². The first-order valence-electron chi connectivity index (χ1n) is 4.99. The minimum absolute atomic E-state index is 0.508. The van der Waals surface area contributed by atoms with Crippen LogP contribution in [-0.4, -0.2) is 26.4 Å². The maximum atomic E-state index is 5.90. The zero-order valence-corrected chi connectivity index (χ0v) is 9.37. The van der Waals surface area contributed by atoms with Crippen LogP contribution in [-0.2, 0) is 4.74 Å². The molecule has 0 aromatic heterocycles. The van der Waals surface area contributed by atoms with Crippen LogP contribution in [0.1, 0.15) is 6.42 Å². The summed E-state index contributed by atoms with van der Waals surface area (Å²) in [6.07, 6.45) is 0.881. The van der Waals surface area contributed by atoms with Gasteiger partial charge in [0.15, 0.2) is 0 Å². The van der Waals surface area contributed by atoms with Crippen LogP contribution in [0.25, 0.3) is 0 Å². The van der Waals surface area contributed by atoms with Gasteiger partial charge in [0.1, 0.15) is 12.4 Å². The smallest absolute Gasteiger partial charge is 0.138 e. The molecule has 84 valence electrons. The van der Waals surface area contributed by atoms with E-state index >= 15 is 0 Å². The van der Waals surface area contributed by atoms with Crippen LogP contribution in [0, 0.1) is 0 Å². The fourth-order valence-electron chi connectivity index (χ4n) is 1.06. The number of para-hydroxylation sites is 1. The van der Waals surface area contributed by atoms with Crippen molar-refractivity contribution in [1.82, 2.24) is 0 Å². The van der Waals surface area contributed by atoms with Gasteiger partial charge in [0.05, 0.1) is 11.6 Å². The van der Waals surface area contributed by atoms with Crippen molar-refractivity contribution < 1.29 is 9.47 Å². The Labute approximate surface area is 95.1 Å². The standard InChI is InChI=1S/C11H16ClNO2/c12-10-4-1-2-5-11(10)15-9-8-14-7-3-6-13/h1-2,4-5H,3,6-9,13H2. The third-order valence-corrected chi connectivity index (χ3v) is 2.13. The highest BCUT2D eigenvalue weighted by atomic mass is 35.5. The summed E-state index contributed by atoms with van der Waals surface area (Å²) in [5.41, 5.74) is 5.33. The fourth-order valence-corrected chi connectivity index (χ4v) is 1.25. The molecule has 4 heteroatoms. The molecular formula is C11H16ClNO2. The van der Waals surface area contributed by atoms with Crippen LogP contribution in [0.4, 0.5) is 0 Å². The lowest BCUT2D eigenvalue weighted by molar-refractivity contribution is 0.0995. The molecule has 0 aliphatic heterocycles. The van der Waals surface area contributed by atoms with E-state index in [0.29, 0.717) is 37.1 Å². The molecule has 1 aromatic rings. The lowest BCUT2D eigenvalue weighted by atomic mass is 10.3. The van der Waals surface area contributed by atoms with Gasteiger partial charge < -0.3 is 15.2 Å². The third-order valence-electron chi connectivity index (χ3n) is 1.81. The van der Waals surface area contributed by atoms with Gasteiger partial charge >= 0.3 is 0 Å². The molecule has 0 heterocycles. The quantitative estimate of drug-likeness (QED) is 0.729. The molecule has 1 rings (SSSR count). The maximum Gasteiger partial charge on any atom is 0.138 e. The first-order valence-corrected chi connectivity index (χ1v) is 5.37. The molecule has 0 spiro atoms. The van der Waals surface area contributed by atoms with Crippen LogP contribution >= 0.6 is 11.6 Å². The summed E-state index contributed by atoms with van der Waals surface area (Å²) in [7, 11) is 0. The van der Waals surface area contributed by atoms with Gasteiger partial charge in [-0.1, -0.05) is 23.7 Å². The summed E-state index contributed by atoms with van der Waals surface area (Å²) in [4.78, 5) is 0. The summed E-state index contributed by atoms with van der Waals surface area (Å²) in [6.45, 7) is 2.41. The van der Waals surface area contributed by atoms with E-state index in [-0.39, 0.29) is 0 Å². The Morgan fingerprint density at radius 1 is 1.13 bits per heavy atom. The summed E-state index contributed by atoms with van der Waals surface area (Å²) in [5, 5.41) is 0.624. The predicted octanol–water partition coefficient (Wildman–Crippen LogP) is 2.08. The second kappa shape index (κ2) is 7.51. The minimum atomic E-state index is 0.508. The molecule has 0 aliphatic rings. The zero-order chi connectivity index (χ0) is 10.9. The van der Waals surface area contributed by atoms with Gasteiger partial charge in [0.25, 0.3) is 0 Å². The first kappa shape index (κ1) is 12.3. The van der Waals surface area contributed by atoms with Crippen molar-refractivity contribution in [2.45, 2.75) is 6.42 Å². The first-order chi connectivity index (χ1) is 7.34. The number of nitrogens with two attached hydrogens (primary N) is 1. The zero-order valence-electron chi connectivity index (χ0n) is 8.62. The molecule has 0 unspecified atom stereocenters. The Balaban J connectivity index is 2.12. The van der Waals surface area contributed by atoms with Crippen molar-refractivity contribution in [2.24, 2.45) is 5.73 Å². The van der Waals surface area contributed by atoms with Gasteiger partial charge in [0, 0.05) is 6.61 Å². The van der Waals surface area contributed by atoms with Gasteiger partial charge in [-0.25, -0.2) is 0 Å². The lowest BCUT2D eigenvalue weighted by Gasteiger charge is -2.07. The minimum Gasteiger partial charge on any atom is -0.490 e. The van der Waals surface area contributed by atoms with Crippen LogP contribution in [0.3, 0.4) is 0 Å². The average molecular weight is 230 g/mol. The van der Waals surface area contributed by atoms with E-state index in [4.69, 9.17) is 26.8 Å². The molecule has 0 amide bonds. The monoisotopic (exact) mass is 229 g/mol. The Morgan fingerprint density at radius 2 is 1.93 bits per heavy atom. The van der Waals surface area contributed by atoms with Crippen LogP contribution in [0.2, 0.25) is 5.02 Å². The van der Waals surface area contributed by atoms with Crippen molar-refractivity contribution in [3.05, 3.63) is 29.3 Å². The Bertz CT molecular complexity index is 281. The molecule has 15 heavy (non-hydrogen) atoms. The van der Waals surface area contributed by atoms with Crippen molar-refractivity contribution in [2.75, 3.05) is 26.4 Å². The van der Waals surface area contributed by atoms with E-state index in [9.17, 15) is 0 Å². The second-order valence-electron chi connectivity index (χ2n) is 3.03. The van der Waals surface area contributed by atoms with Gasteiger partial charge in [-0.15, -0.1) is 0 Å². The van der Waals surface area contributed by atoms with E-state index in [1.807, 2.05) is 18.2 Å². The fraction of sp³-hybridized carbons (Fsp3) is 0.455. The van der Waals surface area contributed by atoms with Crippen molar-refractivity contribution in [3.8, 4) is 5.75 Å². The second-order valence-corrected chi connectivity index (χ2v) is 3.44. The molecule has 0 aliphatic carbocycles. The molecular weight excluding hydrogens is 214 g/mol. The SMILES string of the molecule is NCCCOCCOc1ccccc1Cl. The number of ether oxygens (including phenoxy) is 2. The normalized spacial score (nSPS) is 10.3. The van der Waals surface area contributed by atoms with E-state index in [1.54, 1.807) is 6.07 Å². The number of hydrogen-bond acceptors (Lipinski definition) is 3. The molecule has 0 saturated carbocycles. The summed E-state index contributed by atoms with van der Waals surface area (Å²) >= 11 is 5.90. The summed E-state index contributed by atoms with van der Waals surface area (Å²) in [5.74, 6) is 0.696. The van der Waals surface area contributed by atoms with Gasteiger partial charge in [-0.05, 0) is 25.1 Å². The molecule has 0 radical (unpaired) electrons. The highest BCUT2D eigenvalue weighted by Crippen LogP contribution is 2.22. The number of halogens is 1. The van der Waals surface area contributed by atoms with E-state index in [1.165, 1.54) is 0 Å². The van der Waals surface area contributed by atoms with Crippen molar-refractivity contribution in [1.29, 1.82) is 0 Å². The van der Waals surface area contributed by atoms with E-state index < -0.39 is 0 Å². The highest BCUT2D eigenvalue weighted by molar-refractivity contribution is 6.32. The molecule has 0 bridgehead atoms. The van der Waals surface area contributed by atoms with Crippen molar-refractivity contribution >= 4 is 11.6 Å². The average Bonchev–Trinajstić information content (AvgIpc) is 2.25. The molecule has 0 atom stereocenters. The van der Waals surface area contributed by atoms with Crippen LogP contribution in [0.15, 0.2) is 24.3 Å². The Morgan fingerprint density at radius 3 is 2.67 bits per heavy atom. The molecule has 2 N–H and O–H groups in total. The van der Waals surface area contributed by atoms with Crippen molar-refractivity contribution in [3.63, 3.8) is 0 Å². The number of rotatable bonds is 7. The van der Waals surface area contributed by atoms with Gasteiger partial charge in [-0.2, -0.15) is 0 Å². The molecule has 0 saturated heterocycles. The van der Waals surface area contributed by atoms with E-state index in [0.717, 1.165) is 6.42 Å². The largest absolute Gasteiger partial charge is 0.490 e. The number of benzene rings is 1. The summed E-state index contributed by atoms with van der Waals surface area (Å²) in [6, 6.07) is 7.39. The summed E-state index contributed by atoms with van der Waals surface area (Å²) < 4.78 is 10.7. The molecule has 0 fully saturated rings. The van der Waals surface area contributed by atoms with E-state index in [2.05, 4.69) is 0 Å². The van der Waals surface area contributed by atoms with Crippen LogP contribution in [0.5, 0.6) is 5.75 Å². The molecule has 3 nitrogen and oxygen atoms in total. The Kier molecular flexibility index (Phi) is 6.16. The number of hydrogen-bond donors (Lipinski definition) is 1. The predicted molar refractivity (Wildman–Crippen MR) is 61.4 cm³/mol. The Hall–Kier alpha value is -0.770. The lowest BCUT2D eigenvalue weighted by Crippen LogP contribution is -2.10. The topological polar surface area (TPSA) is 44.5 Å². The van der Waals surface area contributed by atoms with Crippen LogP contribution < -0.4 is 10.5 Å². The highest BCUT2D eigenvalue weighted by Gasteiger charge is 1.98. The third kappa shape index (κ3) is 5.02. The van der Waals surface area contributed by atoms with Gasteiger partial charge in [-0.3, -0.25) is 0 Å².